The molecule has 0 amide bonds. The number of aryl methyl sites for hydroxylation is 1. The van der Waals surface area contributed by atoms with Crippen molar-refractivity contribution >= 4 is 11.6 Å². The van der Waals surface area contributed by atoms with E-state index in [9.17, 15) is 0 Å². The Morgan fingerprint density at radius 3 is 2.58 bits per heavy atom. The molecule has 1 aliphatic rings. The minimum absolute atomic E-state index is 0.252. The number of hydrogen-bond donors (Lipinski definition) is 1. The van der Waals surface area contributed by atoms with Gasteiger partial charge < -0.3 is 19.2 Å². The van der Waals surface area contributed by atoms with E-state index in [-0.39, 0.29) is 6.04 Å². The van der Waals surface area contributed by atoms with Crippen LogP contribution in [0.15, 0.2) is 28.7 Å². The summed E-state index contributed by atoms with van der Waals surface area (Å²) < 4.78 is 16.6. The summed E-state index contributed by atoms with van der Waals surface area (Å²) in [5, 5.41) is 4.10. The summed E-state index contributed by atoms with van der Waals surface area (Å²) in [6, 6.07) is 8.25. The number of halogens is 1. The van der Waals surface area contributed by atoms with Crippen molar-refractivity contribution in [3.8, 4) is 11.5 Å². The highest BCUT2D eigenvalue weighted by molar-refractivity contribution is 6.32. The van der Waals surface area contributed by atoms with Crippen LogP contribution < -0.4 is 14.8 Å². The maximum Gasteiger partial charge on any atom is 0.179 e. The average molecular weight is 379 g/mol. The smallest absolute Gasteiger partial charge is 0.179 e. The van der Waals surface area contributed by atoms with Gasteiger partial charge >= 0.3 is 0 Å². The van der Waals surface area contributed by atoms with Crippen LogP contribution in [-0.2, 0) is 6.54 Å². The number of nitrogens with zero attached hydrogens (tertiary/aromatic N) is 1. The zero-order valence-electron chi connectivity index (χ0n) is 15.7. The third kappa shape index (κ3) is 4.34. The molecule has 0 bridgehead atoms. The van der Waals surface area contributed by atoms with Crippen molar-refractivity contribution in [1.29, 1.82) is 0 Å². The van der Waals surface area contributed by atoms with Crippen molar-refractivity contribution < 1.29 is 13.9 Å². The van der Waals surface area contributed by atoms with Gasteiger partial charge in [-0.05, 0) is 62.7 Å². The molecule has 142 valence electrons. The minimum Gasteiger partial charge on any atom is -0.493 e. The van der Waals surface area contributed by atoms with Crippen molar-refractivity contribution in [2.75, 3.05) is 33.9 Å². The first kappa shape index (κ1) is 19.1. The third-order valence-electron chi connectivity index (χ3n) is 4.83. The quantitative estimate of drug-likeness (QED) is 0.746. The molecular formula is C20H27ClN2O3. The zero-order valence-corrected chi connectivity index (χ0v) is 16.4. The molecule has 1 unspecified atom stereocenters. The summed E-state index contributed by atoms with van der Waals surface area (Å²) >= 11 is 6.30. The van der Waals surface area contributed by atoms with E-state index in [0.717, 1.165) is 36.7 Å². The fourth-order valence-corrected chi connectivity index (χ4v) is 3.83. The molecule has 3 rings (SSSR count). The second kappa shape index (κ2) is 8.80. The van der Waals surface area contributed by atoms with E-state index >= 15 is 0 Å². The van der Waals surface area contributed by atoms with Crippen LogP contribution in [0.2, 0.25) is 5.02 Å². The second-order valence-electron chi connectivity index (χ2n) is 6.65. The summed E-state index contributed by atoms with van der Waals surface area (Å²) in [4.78, 5) is 2.49. The maximum absolute atomic E-state index is 6.30. The van der Waals surface area contributed by atoms with Crippen LogP contribution in [-0.4, -0.2) is 38.8 Å². The molecule has 5 nitrogen and oxygen atoms in total. The Bertz CT molecular complexity index is 726. The number of methoxy groups -OCH3 is 2. The lowest BCUT2D eigenvalue weighted by atomic mass is 10.1. The number of hydrogen-bond acceptors (Lipinski definition) is 5. The van der Waals surface area contributed by atoms with Gasteiger partial charge in [-0.25, -0.2) is 0 Å². The van der Waals surface area contributed by atoms with E-state index in [1.54, 1.807) is 14.2 Å². The molecule has 1 N–H and O–H groups in total. The van der Waals surface area contributed by atoms with E-state index in [1.807, 2.05) is 25.1 Å². The van der Waals surface area contributed by atoms with Crippen molar-refractivity contribution in [3.05, 3.63) is 46.4 Å². The summed E-state index contributed by atoms with van der Waals surface area (Å²) in [6.07, 6.45) is 2.50. The Kier molecular flexibility index (Phi) is 6.46. The molecule has 1 atom stereocenters. The Morgan fingerprint density at radius 2 is 1.96 bits per heavy atom. The summed E-state index contributed by atoms with van der Waals surface area (Å²) in [5.41, 5.74) is 1.06. The molecule has 0 spiro atoms. The van der Waals surface area contributed by atoms with Crippen molar-refractivity contribution in [3.63, 3.8) is 0 Å². The van der Waals surface area contributed by atoms with E-state index in [4.69, 9.17) is 25.5 Å². The topological polar surface area (TPSA) is 46.9 Å². The molecule has 1 aromatic heterocycles. The Labute approximate surface area is 160 Å². The molecule has 2 heterocycles. The maximum atomic E-state index is 6.30. The predicted molar refractivity (Wildman–Crippen MR) is 103 cm³/mol. The van der Waals surface area contributed by atoms with Gasteiger partial charge in [0.25, 0.3) is 0 Å². The van der Waals surface area contributed by atoms with Crippen molar-refractivity contribution in [1.82, 2.24) is 10.2 Å². The molecule has 6 heteroatoms. The molecule has 1 aliphatic heterocycles. The van der Waals surface area contributed by atoms with Crippen LogP contribution in [0.4, 0.5) is 0 Å². The molecular weight excluding hydrogens is 352 g/mol. The van der Waals surface area contributed by atoms with E-state index < -0.39 is 0 Å². The highest BCUT2D eigenvalue weighted by Gasteiger charge is 2.25. The minimum atomic E-state index is 0.252. The standard InChI is InChI=1S/C20H27ClN2O3/c1-14-6-7-18(26-14)17(23-8-4-5-9-23)13-22-12-15-10-16(21)20(25-3)19(11-15)24-2/h6-7,10-11,17,22H,4-5,8-9,12-13H2,1-3H3. The monoisotopic (exact) mass is 378 g/mol. The molecule has 0 aliphatic carbocycles. The summed E-state index contributed by atoms with van der Waals surface area (Å²) in [5.74, 6) is 3.20. The third-order valence-corrected chi connectivity index (χ3v) is 5.11. The molecule has 2 aromatic rings. The Balaban J connectivity index is 1.67. The molecule has 1 aromatic carbocycles. The number of likely N-dealkylation sites (tertiary alicyclic amines) is 1. The number of ether oxygens (including phenoxy) is 2. The second-order valence-corrected chi connectivity index (χ2v) is 7.06. The van der Waals surface area contributed by atoms with E-state index in [2.05, 4.69) is 16.3 Å². The van der Waals surface area contributed by atoms with Crippen molar-refractivity contribution in [2.24, 2.45) is 0 Å². The largest absolute Gasteiger partial charge is 0.493 e. The van der Waals surface area contributed by atoms with E-state index in [1.165, 1.54) is 12.8 Å². The van der Waals surface area contributed by atoms with Gasteiger partial charge in [0, 0.05) is 13.1 Å². The first-order valence-electron chi connectivity index (χ1n) is 9.04. The van der Waals surface area contributed by atoms with Crippen LogP contribution in [0.3, 0.4) is 0 Å². The van der Waals surface area contributed by atoms with E-state index in [0.29, 0.717) is 23.1 Å². The fraction of sp³-hybridized carbons (Fsp3) is 0.500. The molecule has 0 radical (unpaired) electrons. The van der Waals surface area contributed by atoms with Crippen LogP contribution in [0.5, 0.6) is 11.5 Å². The predicted octanol–water partition coefficient (Wildman–Crippen LogP) is 4.19. The van der Waals surface area contributed by atoms with Gasteiger partial charge in [-0.3, -0.25) is 4.90 Å². The van der Waals surface area contributed by atoms with Gasteiger partial charge in [0.15, 0.2) is 11.5 Å². The van der Waals surface area contributed by atoms with Gasteiger partial charge in [0.05, 0.1) is 25.3 Å². The first-order valence-corrected chi connectivity index (χ1v) is 9.41. The van der Waals surface area contributed by atoms with Gasteiger partial charge in [0.1, 0.15) is 11.5 Å². The summed E-state index contributed by atoms with van der Waals surface area (Å²) in [7, 11) is 3.21. The number of nitrogens with one attached hydrogen (secondary N) is 1. The van der Waals surface area contributed by atoms with Crippen LogP contribution in [0.25, 0.3) is 0 Å². The normalized spacial score (nSPS) is 16.0. The SMILES string of the molecule is COc1cc(CNCC(c2ccc(C)o2)N2CCCC2)cc(Cl)c1OC. The molecule has 1 saturated heterocycles. The van der Waals surface area contributed by atoms with Gasteiger partial charge in [-0.1, -0.05) is 11.6 Å². The lowest BCUT2D eigenvalue weighted by molar-refractivity contribution is 0.207. The van der Waals surface area contributed by atoms with Gasteiger partial charge in [-0.2, -0.15) is 0 Å². The highest BCUT2D eigenvalue weighted by Crippen LogP contribution is 2.36. The van der Waals surface area contributed by atoms with Gasteiger partial charge in [0.2, 0.25) is 0 Å². The molecule has 0 saturated carbocycles. The summed E-state index contributed by atoms with van der Waals surface area (Å²) in [6.45, 7) is 5.75. The first-order chi connectivity index (χ1) is 12.6. The van der Waals surface area contributed by atoms with Crippen LogP contribution >= 0.6 is 11.6 Å². The average Bonchev–Trinajstić information content (AvgIpc) is 3.30. The Morgan fingerprint density at radius 1 is 1.19 bits per heavy atom. The highest BCUT2D eigenvalue weighted by atomic mass is 35.5. The lowest BCUT2D eigenvalue weighted by Gasteiger charge is -2.26. The van der Waals surface area contributed by atoms with Crippen molar-refractivity contribution in [2.45, 2.75) is 32.4 Å². The molecule has 26 heavy (non-hydrogen) atoms. The zero-order chi connectivity index (χ0) is 18.5. The Hall–Kier alpha value is -1.69. The van der Waals surface area contributed by atoms with Crippen LogP contribution in [0.1, 0.15) is 36.0 Å². The molecule has 1 fully saturated rings. The van der Waals surface area contributed by atoms with Crippen LogP contribution in [0, 0.1) is 6.92 Å². The lowest BCUT2D eigenvalue weighted by Crippen LogP contribution is -2.33. The van der Waals surface area contributed by atoms with Gasteiger partial charge in [-0.15, -0.1) is 0 Å². The number of rotatable bonds is 8. The number of benzene rings is 1. The fourth-order valence-electron chi connectivity index (χ4n) is 3.52. The number of furan rings is 1.